The van der Waals surface area contributed by atoms with E-state index in [2.05, 4.69) is 5.10 Å². The molecule has 1 saturated heterocycles. The molecule has 0 unspecified atom stereocenters. The van der Waals surface area contributed by atoms with Crippen LogP contribution in [-0.4, -0.2) is 23.2 Å². The summed E-state index contributed by atoms with van der Waals surface area (Å²) in [6.45, 7) is 4.49. The van der Waals surface area contributed by atoms with Crippen LogP contribution in [-0.2, 0) is 16.1 Å². The summed E-state index contributed by atoms with van der Waals surface area (Å²) in [7, 11) is 0. The van der Waals surface area contributed by atoms with Crippen molar-refractivity contribution in [2.75, 3.05) is 0 Å². The van der Waals surface area contributed by atoms with Crippen molar-refractivity contribution < 1.29 is 9.53 Å². The van der Waals surface area contributed by atoms with Gasteiger partial charge in [-0.05, 0) is 30.5 Å². The van der Waals surface area contributed by atoms with Gasteiger partial charge in [0.05, 0.1) is 12.8 Å². The van der Waals surface area contributed by atoms with Crippen LogP contribution in [0.3, 0.4) is 0 Å². The Hall–Kier alpha value is -3.24. The Bertz CT molecular complexity index is 995. The summed E-state index contributed by atoms with van der Waals surface area (Å²) in [6, 6.07) is 25.9. The first-order valence-electron chi connectivity index (χ1n) is 9.77. The van der Waals surface area contributed by atoms with E-state index >= 15 is 0 Å². The molecule has 146 valence electrons. The molecule has 1 heterocycles. The zero-order chi connectivity index (χ0) is 20.2. The van der Waals surface area contributed by atoms with Crippen molar-refractivity contribution in [2.45, 2.75) is 32.6 Å². The fourth-order valence-corrected chi connectivity index (χ4v) is 3.36. The first-order chi connectivity index (χ1) is 14.1. The summed E-state index contributed by atoms with van der Waals surface area (Å²) in [4.78, 5) is 12.8. The van der Waals surface area contributed by atoms with E-state index < -0.39 is 6.10 Å². The maximum atomic E-state index is 12.8. The Morgan fingerprint density at radius 3 is 2.17 bits per heavy atom. The lowest BCUT2D eigenvalue weighted by atomic mass is 9.92. The number of hydrazone groups is 1. The molecular weight excluding hydrogens is 360 g/mol. The molecule has 2 atom stereocenters. The van der Waals surface area contributed by atoms with Crippen LogP contribution < -0.4 is 0 Å². The summed E-state index contributed by atoms with van der Waals surface area (Å²) in [5.41, 5.74) is 5.39. The van der Waals surface area contributed by atoms with Gasteiger partial charge in [-0.25, -0.2) is 5.01 Å². The molecule has 29 heavy (non-hydrogen) atoms. The molecule has 4 rings (SSSR count). The second kappa shape index (κ2) is 8.41. The molecule has 4 nitrogen and oxygen atoms in total. The average molecular weight is 384 g/mol. The van der Waals surface area contributed by atoms with Gasteiger partial charge in [-0.2, -0.15) is 5.10 Å². The van der Waals surface area contributed by atoms with Crippen molar-refractivity contribution in [3.63, 3.8) is 0 Å². The molecule has 0 aliphatic carbocycles. The van der Waals surface area contributed by atoms with Crippen molar-refractivity contribution in [1.82, 2.24) is 5.01 Å². The van der Waals surface area contributed by atoms with E-state index in [1.54, 1.807) is 6.21 Å². The predicted octanol–water partition coefficient (Wildman–Crippen LogP) is 4.81. The molecule has 0 bridgehead atoms. The number of carbonyl (C=O) groups is 1. The molecule has 4 heteroatoms. The van der Waals surface area contributed by atoms with Gasteiger partial charge in [0.25, 0.3) is 5.91 Å². The molecule has 0 saturated carbocycles. The van der Waals surface area contributed by atoms with Crippen LogP contribution in [0.4, 0.5) is 0 Å². The highest BCUT2D eigenvalue weighted by Crippen LogP contribution is 2.38. The van der Waals surface area contributed by atoms with Gasteiger partial charge in [0.15, 0.2) is 6.10 Å². The Morgan fingerprint density at radius 2 is 1.52 bits per heavy atom. The molecular formula is C25H24N2O2. The van der Waals surface area contributed by atoms with E-state index in [9.17, 15) is 4.79 Å². The number of ether oxygens (including phenoxy) is 1. The first kappa shape index (κ1) is 19.1. The topological polar surface area (TPSA) is 41.9 Å². The van der Waals surface area contributed by atoms with E-state index in [1.165, 1.54) is 16.1 Å². The quantitative estimate of drug-likeness (QED) is 0.452. The molecule has 0 N–H and O–H groups in total. The Labute approximate surface area is 171 Å². The van der Waals surface area contributed by atoms with E-state index in [0.717, 1.165) is 16.7 Å². The van der Waals surface area contributed by atoms with Gasteiger partial charge in [0.1, 0.15) is 6.04 Å². The van der Waals surface area contributed by atoms with E-state index in [4.69, 9.17) is 4.74 Å². The Balaban J connectivity index is 1.54. The minimum atomic E-state index is -0.534. The van der Waals surface area contributed by atoms with Crippen LogP contribution in [0.5, 0.6) is 0 Å². The molecule has 1 aliphatic heterocycles. The van der Waals surface area contributed by atoms with Crippen LogP contribution >= 0.6 is 0 Å². The monoisotopic (exact) mass is 384 g/mol. The number of rotatable bonds is 6. The summed E-state index contributed by atoms with van der Waals surface area (Å²) >= 11 is 0. The number of carbonyl (C=O) groups excluding carboxylic acids is 1. The number of hydrogen-bond acceptors (Lipinski definition) is 3. The van der Waals surface area contributed by atoms with Crippen LogP contribution in [0.2, 0.25) is 0 Å². The minimum absolute atomic E-state index is 0.116. The van der Waals surface area contributed by atoms with Gasteiger partial charge in [-0.1, -0.05) is 90.0 Å². The lowest BCUT2D eigenvalue weighted by Crippen LogP contribution is -2.57. The lowest BCUT2D eigenvalue weighted by Gasteiger charge is -2.43. The van der Waals surface area contributed by atoms with E-state index in [-0.39, 0.29) is 11.9 Å². The van der Waals surface area contributed by atoms with Gasteiger partial charge >= 0.3 is 0 Å². The molecule has 0 radical (unpaired) electrons. The fourth-order valence-electron chi connectivity index (χ4n) is 3.36. The standard InChI is InChI=1S/C25H24N2O2/c1-18-8-12-20(13-9-18)16-26-27-23(22-14-10-19(2)11-15-22)24(25(27)28)29-17-21-6-4-3-5-7-21/h3-16,23-24H,17H2,1-2H3/b26-16+/t23-,24+/m0/s1. The summed E-state index contributed by atoms with van der Waals surface area (Å²) in [5.74, 6) is -0.116. The Kier molecular flexibility index (Phi) is 5.54. The van der Waals surface area contributed by atoms with Crippen LogP contribution in [0.25, 0.3) is 0 Å². The maximum Gasteiger partial charge on any atom is 0.275 e. The summed E-state index contributed by atoms with van der Waals surface area (Å²) in [6.07, 6.45) is 1.19. The first-order valence-corrected chi connectivity index (χ1v) is 9.77. The molecule has 3 aromatic rings. The van der Waals surface area contributed by atoms with Gasteiger partial charge in [-0.15, -0.1) is 0 Å². The van der Waals surface area contributed by atoms with E-state index in [0.29, 0.717) is 6.61 Å². The molecule has 1 amide bonds. The fraction of sp³-hybridized carbons (Fsp3) is 0.200. The molecule has 1 aliphatic rings. The van der Waals surface area contributed by atoms with Crippen LogP contribution in [0.15, 0.2) is 84.0 Å². The number of aryl methyl sites for hydroxylation is 2. The lowest BCUT2D eigenvalue weighted by molar-refractivity contribution is -0.176. The van der Waals surface area contributed by atoms with E-state index in [1.807, 2.05) is 92.7 Å². The number of amides is 1. The second-order valence-electron chi connectivity index (χ2n) is 7.41. The van der Waals surface area contributed by atoms with Gasteiger partial charge < -0.3 is 4.74 Å². The zero-order valence-corrected chi connectivity index (χ0v) is 16.7. The van der Waals surface area contributed by atoms with Gasteiger partial charge in [-0.3, -0.25) is 4.79 Å². The minimum Gasteiger partial charge on any atom is -0.361 e. The maximum absolute atomic E-state index is 12.8. The normalized spacial score (nSPS) is 18.8. The van der Waals surface area contributed by atoms with Crippen molar-refractivity contribution >= 4 is 12.1 Å². The average Bonchev–Trinajstić information content (AvgIpc) is 2.75. The highest BCUT2D eigenvalue weighted by molar-refractivity contribution is 5.90. The molecule has 0 spiro atoms. The SMILES string of the molecule is Cc1ccc(/C=N/N2C(=O)[C@H](OCc3ccccc3)[C@@H]2c2ccc(C)cc2)cc1. The van der Waals surface area contributed by atoms with Crippen molar-refractivity contribution in [1.29, 1.82) is 0 Å². The Morgan fingerprint density at radius 1 is 0.897 bits per heavy atom. The number of β-lactam (4-membered cyclic amide) rings is 1. The number of hydrogen-bond donors (Lipinski definition) is 0. The van der Waals surface area contributed by atoms with Crippen molar-refractivity contribution in [3.05, 3.63) is 107 Å². The third kappa shape index (κ3) is 4.28. The van der Waals surface area contributed by atoms with Crippen LogP contribution in [0, 0.1) is 13.8 Å². The summed E-state index contributed by atoms with van der Waals surface area (Å²) < 4.78 is 6.01. The molecule has 1 fully saturated rings. The number of benzene rings is 3. The third-order valence-corrected chi connectivity index (χ3v) is 5.12. The highest BCUT2D eigenvalue weighted by atomic mass is 16.5. The highest BCUT2D eigenvalue weighted by Gasteiger charge is 2.49. The summed E-state index contributed by atoms with van der Waals surface area (Å²) in [5, 5.41) is 6.00. The number of nitrogens with zero attached hydrogens (tertiary/aromatic N) is 2. The second-order valence-corrected chi connectivity index (χ2v) is 7.41. The van der Waals surface area contributed by atoms with Crippen molar-refractivity contribution in [2.24, 2.45) is 5.10 Å². The van der Waals surface area contributed by atoms with Gasteiger partial charge in [0, 0.05) is 0 Å². The largest absolute Gasteiger partial charge is 0.361 e. The smallest absolute Gasteiger partial charge is 0.275 e. The molecule has 3 aromatic carbocycles. The predicted molar refractivity (Wildman–Crippen MR) is 115 cm³/mol. The molecule has 0 aromatic heterocycles. The van der Waals surface area contributed by atoms with Gasteiger partial charge in [0.2, 0.25) is 0 Å². The van der Waals surface area contributed by atoms with Crippen molar-refractivity contribution in [3.8, 4) is 0 Å². The zero-order valence-electron chi connectivity index (χ0n) is 16.7. The third-order valence-electron chi connectivity index (χ3n) is 5.12. The van der Waals surface area contributed by atoms with Crippen LogP contribution in [0.1, 0.15) is 33.9 Å².